The Hall–Kier alpha value is -1.31. The smallest absolute Gasteiger partial charge is 0.240 e. The number of nitrogens with zero attached hydrogens (tertiary/aromatic N) is 2. The zero-order chi connectivity index (χ0) is 14.9. The lowest BCUT2D eigenvalue weighted by atomic mass is 10.2. The molecule has 0 radical (unpaired) electrons. The van der Waals surface area contributed by atoms with Crippen LogP contribution >= 0.6 is 0 Å². The van der Waals surface area contributed by atoms with Gasteiger partial charge in [-0.05, 0) is 32.0 Å². The minimum atomic E-state index is -3.75. The summed E-state index contributed by atoms with van der Waals surface area (Å²) >= 11 is 0. The molecule has 4 N–H and O–H groups in total. The molecule has 1 aliphatic heterocycles. The fourth-order valence-corrected chi connectivity index (χ4v) is 3.13. The first-order valence-electron chi connectivity index (χ1n) is 6.70. The lowest BCUT2D eigenvalue weighted by Crippen LogP contribution is -2.48. The van der Waals surface area contributed by atoms with Gasteiger partial charge in [0, 0.05) is 37.9 Å². The van der Waals surface area contributed by atoms with E-state index in [9.17, 15) is 8.42 Å². The molecule has 0 atom stereocenters. The van der Waals surface area contributed by atoms with Crippen LogP contribution in [0.2, 0.25) is 0 Å². The average Bonchev–Trinajstić information content (AvgIpc) is 2.37. The minimum absolute atomic E-state index is 0.0120. The maximum Gasteiger partial charge on any atom is 0.240 e. The minimum Gasteiger partial charge on any atom is -0.398 e. The second-order valence-corrected chi connectivity index (χ2v) is 6.91. The highest BCUT2D eigenvalue weighted by molar-refractivity contribution is 7.89. The predicted octanol–water partition coefficient (Wildman–Crippen LogP) is 0.447. The van der Waals surface area contributed by atoms with E-state index >= 15 is 0 Å². The van der Waals surface area contributed by atoms with E-state index in [1.165, 1.54) is 6.07 Å². The third-order valence-corrected chi connectivity index (χ3v) is 4.69. The first kappa shape index (κ1) is 15.1. The highest BCUT2D eigenvalue weighted by Gasteiger charge is 2.20. The van der Waals surface area contributed by atoms with Gasteiger partial charge in [-0.2, -0.15) is 0 Å². The Kier molecular flexibility index (Phi) is 4.22. The van der Waals surface area contributed by atoms with E-state index in [0.717, 1.165) is 31.9 Å². The summed E-state index contributed by atoms with van der Waals surface area (Å²) in [6.07, 6.45) is 0. The van der Waals surface area contributed by atoms with Crippen molar-refractivity contribution in [3.05, 3.63) is 18.2 Å². The molecule has 0 unspecified atom stereocenters. The van der Waals surface area contributed by atoms with Gasteiger partial charge < -0.3 is 10.6 Å². The Labute approximate surface area is 120 Å². The van der Waals surface area contributed by atoms with Crippen molar-refractivity contribution in [2.75, 3.05) is 36.8 Å². The molecule has 0 aromatic heterocycles. The Morgan fingerprint density at radius 3 is 2.20 bits per heavy atom. The van der Waals surface area contributed by atoms with Crippen LogP contribution in [0.1, 0.15) is 13.8 Å². The molecule has 0 bridgehead atoms. The SMILES string of the molecule is CC(C)N1CCN(c2ccc(S(N)(=O)=O)c(N)c2)CC1. The van der Waals surface area contributed by atoms with Crippen molar-refractivity contribution < 1.29 is 8.42 Å². The quantitative estimate of drug-likeness (QED) is 0.790. The van der Waals surface area contributed by atoms with Gasteiger partial charge in [-0.1, -0.05) is 0 Å². The lowest BCUT2D eigenvalue weighted by Gasteiger charge is -2.38. The summed E-state index contributed by atoms with van der Waals surface area (Å²) in [5.41, 5.74) is 6.94. The molecule has 2 rings (SSSR count). The molecule has 7 heteroatoms. The van der Waals surface area contributed by atoms with Crippen LogP contribution in [0.4, 0.5) is 11.4 Å². The molecule has 20 heavy (non-hydrogen) atoms. The van der Waals surface area contributed by atoms with Gasteiger partial charge in [-0.3, -0.25) is 4.90 Å². The second-order valence-electron chi connectivity index (χ2n) is 5.38. The lowest BCUT2D eigenvalue weighted by molar-refractivity contribution is 0.209. The Morgan fingerprint density at radius 1 is 1.15 bits per heavy atom. The number of rotatable bonds is 3. The van der Waals surface area contributed by atoms with E-state index in [1.54, 1.807) is 12.1 Å². The fraction of sp³-hybridized carbons (Fsp3) is 0.538. The van der Waals surface area contributed by atoms with Gasteiger partial charge in [-0.25, -0.2) is 13.6 Å². The summed E-state index contributed by atoms with van der Waals surface area (Å²) in [6, 6.07) is 5.48. The van der Waals surface area contributed by atoms with Crippen LogP contribution < -0.4 is 15.8 Å². The van der Waals surface area contributed by atoms with Crippen molar-refractivity contribution in [2.24, 2.45) is 5.14 Å². The molecule has 6 nitrogen and oxygen atoms in total. The maximum absolute atomic E-state index is 11.3. The molecular formula is C13H22N4O2S. The average molecular weight is 298 g/mol. The number of hydrogen-bond acceptors (Lipinski definition) is 5. The van der Waals surface area contributed by atoms with Crippen molar-refractivity contribution in [3.8, 4) is 0 Å². The molecule has 0 spiro atoms. The number of piperazine rings is 1. The van der Waals surface area contributed by atoms with Crippen LogP contribution in [0, 0.1) is 0 Å². The number of primary sulfonamides is 1. The van der Waals surface area contributed by atoms with Gasteiger partial charge in [-0.15, -0.1) is 0 Å². The summed E-state index contributed by atoms with van der Waals surface area (Å²) in [7, 11) is -3.75. The molecule has 0 amide bonds. The van der Waals surface area contributed by atoms with Crippen LogP contribution in [0.25, 0.3) is 0 Å². The van der Waals surface area contributed by atoms with Gasteiger partial charge in [0.2, 0.25) is 10.0 Å². The standard InChI is InChI=1S/C13H22N4O2S/c1-10(2)16-5-7-17(8-6-16)11-3-4-13(12(14)9-11)20(15,18)19/h3-4,9-10H,5-8,14H2,1-2H3,(H2,15,18,19). The molecular weight excluding hydrogens is 276 g/mol. The van der Waals surface area contributed by atoms with E-state index in [0.29, 0.717) is 6.04 Å². The van der Waals surface area contributed by atoms with E-state index in [-0.39, 0.29) is 10.6 Å². The monoisotopic (exact) mass is 298 g/mol. The molecule has 1 aromatic carbocycles. The highest BCUT2D eigenvalue weighted by atomic mass is 32.2. The van der Waals surface area contributed by atoms with Crippen molar-refractivity contribution in [3.63, 3.8) is 0 Å². The third-order valence-electron chi connectivity index (χ3n) is 3.71. The summed E-state index contributed by atoms with van der Waals surface area (Å²) in [5.74, 6) is 0. The number of sulfonamides is 1. The number of nitrogens with two attached hydrogens (primary N) is 2. The molecule has 0 aliphatic carbocycles. The van der Waals surface area contributed by atoms with E-state index in [4.69, 9.17) is 10.9 Å². The first-order chi connectivity index (χ1) is 9.29. The van der Waals surface area contributed by atoms with Gasteiger partial charge in [0.1, 0.15) is 4.90 Å². The van der Waals surface area contributed by atoms with Crippen molar-refractivity contribution in [2.45, 2.75) is 24.8 Å². The van der Waals surface area contributed by atoms with E-state index < -0.39 is 10.0 Å². The predicted molar refractivity (Wildman–Crippen MR) is 81.1 cm³/mol. The van der Waals surface area contributed by atoms with Gasteiger partial charge in [0.25, 0.3) is 0 Å². The largest absolute Gasteiger partial charge is 0.398 e. The van der Waals surface area contributed by atoms with Crippen molar-refractivity contribution in [1.29, 1.82) is 0 Å². The maximum atomic E-state index is 11.3. The summed E-state index contributed by atoms with van der Waals surface area (Å²) in [4.78, 5) is 4.61. The first-order valence-corrected chi connectivity index (χ1v) is 8.25. The fourth-order valence-electron chi connectivity index (χ4n) is 2.49. The number of hydrogen-bond donors (Lipinski definition) is 2. The summed E-state index contributed by atoms with van der Waals surface area (Å²) in [5, 5.41) is 5.11. The molecule has 1 aliphatic rings. The van der Waals surface area contributed by atoms with Crippen molar-refractivity contribution in [1.82, 2.24) is 4.90 Å². The number of anilines is 2. The van der Waals surface area contributed by atoms with Gasteiger partial charge in [0.05, 0.1) is 5.69 Å². The van der Waals surface area contributed by atoms with Gasteiger partial charge >= 0.3 is 0 Å². The molecule has 0 saturated carbocycles. The molecule has 1 fully saturated rings. The zero-order valence-electron chi connectivity index (χ0n) is 11.9. The van der Waals surface area contributed by atoms with Crippen LogP contribution in [0.15, 0.2) is 23.1 Å². The molecule has 112 valence electrons. The van der Waals surface area contributed by atoms with Crippen molar-refractivity contribution >= 4 is 21.4 Å². The van der Waals surface area contributed by atoms with E-state index in [2.05, 4.69) is 23.6 Å². The second kappa shape index (κ2) is 5.59. The Balaban J connectivity index is 2.14. The van der Waals surface area contributed by atoms with E-state index in [1.807, 2.05) is 0 Å². The Bertz CT molecular complexity index is 578. The Morgan fingerprint density at radius 2 is 1.75 bits per heavy atom. The highest BCUT2D eigenvalue weighted by Crippen LogP contribution is 2.25. The van der Waals surface area contributed by atoms with Gasteiger partial charge in [0.15, 0.2) is 0 Å². The summed E-state index contributed by atoms with van der Waals surface area (Å²) in [6.45, 7) is 8.19. The molecule has 1 saturated heterocycles. The molecule has 1 heterocycles. The van der Waals surface area contributed by atoms with Crippen LogP contribution in [-0.2, 0) is 10.0 Å². The van der Waals surface area contributed by atoms with Crippen LogP contribution in [-0.4, -0.2) is 45.5 Å². The van der Waals surface area contributed by atoms with Crippen LogP contribution in [0.3, 0.4) is 0 Å². The third kappa shape index (κ3) is 3.23. The summed E-state index contributed by atoms with van der Waals surface area (Å²) < 4.78 is 22.7. The topological polar surface area (TPSA) is 92.7 Å². The normalized spacial score (nSPS) is 17.7. The van der Waals surface area contributed by atoms with Crippen LogP contribution in [0.5, 0.6) is 0 Å². The number of nitrogen functional groups attached to an aromatic ring is 1. The zero-order valence-corrected chi connectivity index (χ0v) is 12.7. The molecule has 1 aromatic rings. The number of benzene rings is 1.